The van der Waals surface area contributed by atoms with Gasteiger partial charge in [0.05, 0.1) is 23.8 Å². The molecule has 0 aliphatic heterocycles. The number of aromatic nitrogens is 2. The minimum atomic E-state index is -0.302. The van der Waals surface area contributed by atoms with Gasteiger partial charge in [0, 0.05) is 19.0 Å². The van der Waals surface area contributed by atoms with Crippen LogP contribution in [0.4, 0.5) is 0 Å². The zero-order chi connectivity index (χ0) is 17.1. The maximum atomic E-state index is 12.5. The maximum absolute atomic E-state index is 12.5. The average molecular weight is 325 g/mol. The molecule has 2 N–H and O–H groups in total. The second kappa shape index (κ2) is 7.31. The van der Waals surface area contributed by atoms with Crippen LogP contribution >= 0.6 is 0 Å². The van der Waals surface area contributed by atoms with Crippen LogP contribution in [0.2, 0.25) is 0 Å². The van der Waals surface area contributed by atoms with Gasteiger partial charge in [0.25, 0.3) is 0 Å². The predicted octanol–water partition coefficient (Wildman–Crippen LogP) is 3.41. The summed E-state index contributed by atoms with van der Waals surface area (Å²) in [5.41, 5.74) is 10.5. The van der Waals surface area contributed by atoms with E-state index in [9.17, 15) is 4.79 Å². The molecule has 0 bridgehead atoms. The summed E-state index contributed by atoms with van der Waals surface area (Å²) in [4.78, 5) is 16.8. The normalized spacial score (nSPS) is 17.0. The van der Waals surface area contributed by atoms with Gasteiger partial charge < -0.3 is 10.3 Å². The van der Waals surface area contributed by atoms with Crippen LogP contribution in [0, 0.1) is 12.8 Å². The van der Waals surface area contributed by atoms with Crippen LogP contribution in [0.15, 0.2) is 30.6 Å². The third kappa shape index (κ3) is 3.59. The Morgan fingerprint density at radius 3 is 2.50 bits per heavy atom. The predicted molar refractivity (Wildman–Crippen MR) is 96.6 cm³/mol. The Kier molecular flexibility index (Phi) is 5.14. The molecule has 1 aromatic carbocycles. The summed E-state index contributed by atoms with van der Waals surface area (Å²) < 4.78 is 2.02. The molecular weight excluding hydrogens is 298 g/mol. The molecule has 2 aromatic rings. The number of imidazole rings is 1. The molecule has 24 heavy (non-hydrogen) atoms. The molecule has 4 heteroatoms. The van der Waals surface area contributed by atoms with Crippen molar-refractivity contribution >= 4 is 5.78 Å². The lowest BCUT2D eigenvalue weighted by Crippen LogP contribution is -2.40. The van der Waals surface area contributed by atoms with Crippen molar-refractivity contribution in [3.05, 3.63) is 41.9 Å². The molecule has 1 heterocycles. The van der Waals surface area contributed by atoms with Gasteiger partial charge in [-0.25, -0.2) is 4.98 Å². The molecule has 0 amide bonds. The number of hydrogen-bond acceptors (Lipinski definition) is 3. The summed E-state index contributed by atoms with van der Waals surface area (Å²) in [7, 11) is 2.00. The van der Waals surface area contributed by atoms with Gasteiger partial charge in [-0.1, -0.05) is 43.5 Å². The highest BCUT2D eigenvalue weighted by atomic mass is 16.1. The molecule has 128 valence electrons. The Labute approximate surface area is 144 Å². The Morgan fingerprint density at radius 1 is 1.25 bits per heavy atom. The summed E-state index contributed by atoms with van der Waals surface area (Å²) >= 11 is 0. The monoisotopic (exact) mass is 325 g/mol. The second-order valence-electron chi connectivity index (χ2n) is 7.05. The molecule has 0 spiro atoms. The van der Waals surface area contributed by atoms with Crippen LogP contribution in [-0.2, 0) is 18.3 Å². The SMILES string of the molecule is Cc1ncn(C)c1-c1ccc(CC(=O)[C@@H](N)C2CCCCC2)cc1. The van der Waals surface area contributed by atoms with E-state index in [0.717, 1.165) is 35.4 Å². The highest BCUT2D eigenvalue weighted by molar-refractivity contribution is 5.86. The minimum absolute atomic E-state index is 0.173. The number of carbonyl (C=O) groups is 1. The van der Waals surface area contributed by atoms with E-state index in [2.05, 4.69) is 17.1 Å². The Balaban J connectivity index is 1.66. The van der Waals surface area contributed by atoms with Crippen molar-refractivity contribution in [2.75, 3.05) is 0 Å². The van der Waals surface area contributed by atoms with Crippen molar-refractivity contribution in [1.82, 2.24) is 9.55 Å². The molecule has 1 aromatic heterocycles. The lowest BCUT2D eigenvalue weighted by atomic mass is 9.81. The van der Waals surface area contributed by atoms with Crippen LogP contribution < -0.4 is 5.73 Å². The first-order chi connectivity index (χ1) is 11.6. The van der Waals surface area contributed by atoms with Crippen LogP contribution in [0.1, 0.15) is 43.4 Å². The number of aryl methyl sites for hydroxylation is 2. The summed E-state index contributed by atoms with van der Waals surface area (Å²) in [5, 5.41) is 0. The van der Waals surface area contributed by atoms with E-state index in [1.54, 1.807) is 0 Å². The molecule has 0 unspecified atom stereocenters. The number of rotatable bonds is 5. The first-order valence-electron chi connectivity index (χ1n) is 8.92. The van der Waals surface area contributed by atoms with E-state index >= 15 is 0 Å². The summed E-state index contributed by atoms with van der Waals surface area (Å²) in [6, 6.07) is 7.90. The minimum Gasteiger partial charge on any atom is -0.334 e. The number of nitrogens with two attached hydrogens (primary N) is 1. The van der Waals surface area contributed by atoms with Crippen LogP contribution in [-0.4, -0.2) is 21.4 Å². The van der Waals surface area contributed by atoms with Gasteiger partial charge in [0.2, 0.25) is 0 Å². The number of nitrogens with zero attached hydrogens (tertiary/aromatic N) is 2. The van der Waals surface area contributed by atoms with Gasteiger partial charge >= 0.3 is 0 Å². The molecule has 0 saturated heterocycles. The highest BCUT2D eigenvalue weighted by Crippen LogP contribution is 2.27. The Morgan fingerprint density at radius 2 is 1.92 bits per heavy atom. The smallest absolute Gasteiger partial charge is 0.154 e. The Hall–Kier alpha value is -1.94. The second-order valence-corrected chi connectivity index (χ2v) is 7.05. The van der Waals surface area contributed by atoms with Crippen molar-refractivity contribution in [3.63, 3.8) is 0 Å². The van der Waals surface area contributed by atoms with Crippen LogP contribution in [0.5, 0.6) is 0 Å². The zero-order valence-electron chi connectivity index (χ0n) is 14.7. The lowest BCUT2D eigenvalue weighted by molar-refractivity contribution is -0.121. The van der Waals surface area contributed by atoms with Gasteiger partial charge in [-0.2, -0.15) is 0 Å². The summed E-state index contributed by atoms with van der Waals surface area (Å²) in [6.45, 7) is 2.01. The van der Waals surface area contributed by atoms with E-state index in [0.29, 0.717) is 12.3 Å². The van der Waals surface area contributed by atoms with Crippen LogP contribution in [0.25, 0.3) is 11.3 Å². The van der Waals surface area contributed by atoms with Gasteiger partial charge in [-0.3, -0.25) is 4.79 Å². The first kappa shape index (κ1) is 16.9. The molecule has 1 fully saturated rings. The van der Waals surface area contributed by atoms with E-state index < -0.39 is 0 Å². The van der Waals surface area contributed by atoms with Crippen molar-refractivity contribution < 1.29 is 4.79 Å². The van der Waals surface area contributed by atoms with Gasteiger partial charge in [0.1, 0.15) is 0 Å². The van der Waals surface area contributed by atoms with Gasteiger partial charge in [-0.05, 0) is 31.2 Å². The third-order valence-corrected chi connectivity index (χ3v) is 5.26. The van der Waals surface area contributed by atoms with Crippen molar-refractivity contribution in [1.29, 1.82) is 0 Å². The van der Waals surface area contributed by atoms with Crippen LogP contribution in [0.3, 0.4) is 0 Å². The molecule has 1 aliphatic carbocycles. The highest BCUT2D eigenvalue weighted by Gasteiger charge is 2.25. The third-order valence-electron chi connectivity index (χ3n) is 5.26. The summed E-state index contributed by atoms with van der Waals surface area (Å²) in [6.07, 6.45) is 8.17. The number of benzene rings is 1. The van der Waals surface area contributed by atoms with E-state index in [-0.39, 0.29) is 11.8 Å². The number of ketones is 1. The van der Waals surface area contributed by atoms with Crippen molar-refractivity contribution in [3.8, 4) is 11.3 Å². The largest absolute Gasteiger partial charge is 0.334 e. The quantitative estimate of drug-likeness (QED) is 0.916. The fraction of sp³-hybridized carbons (Fsp3) is 0.500. The maximum Gasteiger partial charge on any atom is 0.154 e. The fourth-order valence-corrected chi connectivity index (χ4v) is 3.82. The fourth-order valence-electron chi connectivity index (χ4n) is 3.82. The molecule has 1 atom stereocenters. The zero-order valence-corrected chi connectivity index (χ0v) is 14.7. The van der Waals surface area contributed by atoms with E-state index in [4.69, 9.17) is 5.73 Å². The molecule has 0 radical (unpaired) electrons. The molecule has 1 aliphatic rings. The van der Waals surface area contributed by atoms with Crippen molar-refractivity contribution in [2.24, 2.45) is 18.7 Å². The average Bonchev–Trinajstić information content (AvgIpc) is 2.94. The Bertz CT molecular complexity index is 677. The molecule has 3 rings (SSSR count). The molecule has 4 nitrogen and oxygen atoms in total. The molecule has 1 saturated carbocycles. The molecular formula is C20H27N3O. The lowest BCUT2D eigenvalue weighted by Gasteiger charge is -2.26. The van der Waals surface area contributed by atoms with E-state index in [1.165, 1.54) is 19.3 Å². The van der Waals surface area contributed by atoms with Crippen molar-refractivity contribution in [2.45, 2.75) is 51.5 Å². The topological polar surface area (TPSA) is 60.9 Å². The number of hydrogen-bond donors (Lipinski definition) is 1. The standard InChI is InChI=1S/C20H27N3O/c1-14-20(23(2)13-22-14)17-10-8-15(9-11-17)12-18(24)19(21)16-6-4-3-5-7-16/h8-11,13,16,19H,3-7,12,21H2,1-2H3/t19-/m0/s1. The summed E-state index contributed by atoms with van der Waals surface area (Å²) in [5.74, 6) is 0.550. The van der Waals surface area contributed by atoms with E-state index in [1.807, 2.05) is 37.0 Å². The van der Waals surface area contributed by atoms with Gasteiger partial charge in [0.15, 0.2) is 5.78 Å². The first-order valence-corrected chi connectivity index (χ1v) is 8.92. The number of carbonyl (C=O) groups excluding carboxylic acids is 1. The van der Waals surface area contributed by atoms with Gasteiger partial charge in [-0.15, -0.1) is 0 Å². The number of Topliss-reactive ketones (excluding diaryl/α,β-unsaturated/α-hetero) is 1.